The molecule has 4 amide bonds. The van der Waals surface area contributed by atoms with E-state index in [1.54, 1.807) is 0 Å². The molecule has 3 rings (SSSR count). The minimum absolute atomic E-state index is 0.00799. The fourth-order valence-electron chi connectivity index (χ4n) is 4.18. The number of urea groups is 1. The Morgan fingerprint density at radius 3 is 2.52 bits per heavy atom. The number of nitrogens with one attached hydrogen (secondary N) is 2. The molecular weight excluding hydrogens is 392 g/mol. The molecule has 2 heterocycles. The number of benzene rings is 1. The molecule has 0 aromatic heterocycles. The first kappa shape index (κ1) is 21.6. The number of carbonyl (C=O) groups is 3. The summed E-state index contributed by atoms with van der Waals surface area (Å²) in [4.78, 5) is 40.9. The molecule has 7 nitrogen and oxygen atoms in total. The summed E-state index contributed by atoms with van der Waals surface area (Å²) in [6, 6.07) is 7.18. The average molecular weight is 421 g/mol. The van der Waals surface area contributed by atoms with E-state index >= 15 is 0 Å². The summed E-state index contributed by atoms with van der Waals surface area (Å²) in [6.45, 7) is 5.78. The van der Waals surface area contributed by atoms with Crippen LogP contribution in [-0.4, -0.2) is 59.4 Å². The van der Waals surface area contributed by atoms with Crippen LogP contribution in [0.1, 0.15) is 51.1 Å². The van der Waals surface area contributed by atoms with Crippen LogP contribution < -0.4 is 10.6 Å². The number of nitrogens with zero attached hydrogens (tertiary/aromatic N) is 2. The fourth-order valence-corrected chi connectivity index (χ4v) is 4.38. The van der Waals surface area contributed by atoms with Gasteiger partial charge in [0.25, 0.3) is 5.91 Å². The molecule has 0 aliphatic carbocycles. The Balaban J connectivity index is 1.65. The van der Waals surface area contributed by atoms with Gasteiger partial charge in [-0.15, -0.1) is 0 Å². The Labute approximate surface area is 176 Å². The molecule has 2 fully saturated rings. The Morgan fingerprint density at radius 1 is 1.24 bits per heavy atom. The van der Waals surface area contributed by atoms with Gasteiger partial charge in [0.2, 0.25) is 5.91 Å². The topological polar surface area (TPSA) is 81.8 Å². The third-order valence-corrected chi connectivity index (χ3v) is 6.30. The number of imide groups is 1. The zero-order valence-corrected chi connectivity index (χ0v) is 17.8. The van der Waals surface area contributed by atoms with E-state index in [4.69, 9.17) is 11.6 Å². The maximum Gasteiger partial charge on any atom is 0.325 e. The molecule has 0 radical (unpaired) electrons. The van der Waals surface area contributed by atoms with Gasteiger partial charge in [-0.2, -0.15) is 0 Å². The maximum absolute atomic E-state index is 12.7. The van der Waals surface area contributed by atoms with Crippen molar-refractivity contribution in [2.45, 2.75) is 51.1 Å². The van der Waals surface area contributed by atoms with Crippen LogP contribution in [-0.2, 0) is 9.59 Å². The number of hydrogen-bond acceptors (Lipinski definition) is 4. The SMILES string of the molecule is CCC1(CC)NC(=O)N(CC(=O)NCC(c2cccc(Cl)c2)N2CCCC2)C1=O. The van der Waals surface area contributed by atoms with Crippen LogP contribution in [0, 0.1) is 0 Å². The van der Waals surface area contributed by atoms with Gasteiger partial charge in [-0.05, 0) is 56.5 Å². The van der Waals surface area contributed by atoms with E-state index in [0.29, 0.717) is 24.4 Å². The van der Waals surface area contributed by atoms with Crippen LogP contribution in [0.3, 0.4) is 0 Å². The highest BCUT2D eigenvalue weighted by Crippen LogP contribution is 2.27. The lowest BCUT2D eigenvalue weighted by atomic mass is 9.93. The quantitative estimate of drug-likeness (QED) is 0.633. The molecule has 1 unspecified atom stereocenters. The van der Waals surface area contributed by atoms with Gasteiger partial charge in [0.15, 0.2) is 0 Å². The Kier molecular flexibility index (Phi) is 6.80. The zero-order chi connectivity index (χ0) is 21.0. The minimum atomic E-state index is -0.893. The summed E-state index contributed by atoms with van der Waals surface area (Å²) >= 11 is 6.16. The molecule has 0 saturated carbocycles. The van der Waals surface area contributed by atoms with Crippen LogP contribution in [0.15, 0.2) is 24.3 Å². The first-order valence-corrected chi connectivity index (χ1v) is 10.7. The first-order chi connectivity index (χ1) is 13.9. The fraction of sp³-hybridized carbons (Fsp3) is 0.571. The highest BCUT2D eigenvalue weighted by atomic mass is 35.5. The molecule has 2 aliphatic heterocycles. The van der Waals surface area contributed by atoms with E-state index in [-0.39, 0.29) is 24.4 Å². The predicted octanol–water partition coefficient (Wildman–Crippen LogP) is 2.70. The Hall–Kier alpha value is -2.12. The standard InChI is InChI=1S/C21H29ClN4O3/c1-3-21(4-2)19(28)26(20(29)24-21)14-18(27)23-13-17(25-10-5-6-11-25)15-8-7-9-16(22)12-15/h7-9,12,17H,3-6,10-11,13-14H2,1-2H3,(H,23,27)(H,24,29). The number of carbonyl (C=O) groups excluding carboxylic acids is 3. The molecule has 1 aromatic rings. The number of rotatable bonds is 8. The van der Waals surface area contributed by atoms with Gasteiger partial charge in [0, 0.05) is 11.6 Å². The van der Waals surface area contributed by atoms with Crippen molar-refractivity contribution in [2.75, 3.05) is 26.2 Å². The monoisotopic (exact) mass is 420 g/mol. The second-order valence-corrected chi connectivity index (χ2v) is 8.17. The molecule has 2 aliphatic rings. The summed E-state index contributed by atoms with van der Waals surface area (Å²) in [5.74, 6) is -0.670. The Morgan fingerprint density at radius 2 is 1.93 bits per heavy atom. The van der Waals surface area contributed by atoms with Gasteiger partial charge < -0.3 is 10.6 Å². The predicted molar refractivity (Wildman–Crippen MR) is 112 cm³/mol. The minimum Gasteiger partial charge on any atom is -0.353 e. The molecule has 2 saturated heterocycles. The lowest BCUT2D eigenvalue weighted by Gasteiger charge is -2.28. The van der Waals surface area contributed by atoms with E-state index in [2.05, 4.69) is 15.5 Å². The maximum atomic E-state index is 12.7. The van der Waals surface area contributed by atoms with Crippen molar-refractivity contribution < 1.29 is 14.4 Å². The summed E-state index contributed by atoms with van der Waals surface area (Å²) in [7, 11) is 0. The zero-order valence-electron chi connectivity index (χ0n) is 17.0. The molecule has 8 heteroatoms. The smallest absolute Gasteiger partial charge is 0.325 e. The van der Waals surface area contributed by atoms with E-state index in [9.17, 15) is 14.4 Å². The largest absolute Gasteiger partial charge is 0.353 e. The molecule has 158 valence electrons. The summed E-state index contributed by atoms with van der Waals surface area (Å²) in [6.07, 6.45) is 3.25. The van der Waals surface area contributed by atoms with Gasteiger partial charge in [-0.25, -0.2) is 4.79 Å². The third-order valence-electron chi connectivity index (χ3n) is 6.06. The van der Waals surface area contributed by atoms with E-state index in [1.807, 2.05) is 38.1 Å². The number of amides is 4. The van der Waals surface area contributed by atoms with Crippen molar-refractivity contribution in [1.82, 2.24) is 20.4 Å². The van der Waals surface area contributed by atoms with Crippen LogP contribution in [0.4, 0.5) is 4.79 Å². The van der Waals surface area contributed by atoms with E-state index in [1.165, 1.54) is 0 Å². The van der Waals surface area contributed by atoms with Gasteiger partial charge in [0.1, 0.15) is 12.1 Å². The van der Waals surface area contributed by atoms with Crippen LogP contribution >= 0.6 is 11.6 Å². The second kappa shape index (κ2) is 9.13. The average Bonchev–Trinajstić information content (AvgIpc) is 3.31. The molecule has 1 aromatic carbocycles. The summed E-state index contributed by atoms with van der Waals surface area (Å²) in [5, 5.41) is 6.32. The molecule has 29 heavy (non-hydrogen) atoms. The van der Waals surface area contributed by atoms with Gasteiger partial charge in [-0.1, -0.05) is 37.6 Å². The highest BCUT2D eigenvalue weighted by molar-refractivity contribution is 6.30. The summed E-state index contributed by atoms with van der Waals surface area (Å²) in [5.41, 5.74) is 0.154. The first-order valence-electron chi connectivity index (χ1n) is 10.3. The summed E-state index contributed by atoms with van der Waals surface area (Å²) < 4.78 is 0. The number of halogens is 1. The van der Waals surface area contributed by atoms with Crippen molar-refractivity contribution in [2.24, 2.45) is 0 Å². The van der Waals surface area contributed by atoms with Crippen molar-refractivity contribution in [3.05, 3.63) is 34.9 Å². The van der Waals surface area contributed by atoms with E-state index in [0.717, 1.165) is 36.4 Å². The van der Waals surface area contributed by atoms with Crippen molar-refractivity contribution in [1.29, 1.82) is 0 Å². The lowest BCUT2D eigenvalue weighted by Crippen LogP contribution is -2.47. The Bertz CT molecular complexity index is 775. The molecular formula is C21H29ClN4O3. The van der Waals surface area contributed by atoms with Crippen molar-refractivity contribution >= 4 is 29.4 Å². The van der Waals surface area contributed by atoms with Crippen LogP contribution in [0.2, 0.25) is 5.02 Å². The van der Waals surface area contributed by atoms with Crippen molar-refractivity contribution in [3.8, 4) is 0 Å². The van der Waals surface area contributed by atoms with Gasteiger partial charge in [0.05, 0.1) is 6.04 Å². The van der Waals surface area contributed by atoms with Gasteiger partial charge >= 0.3 is 6.03 Å². The number of likely N-dealkylation sites (tertiary alicyclic amines) is 1. The second-order valence-electron chi connectivity index (χ2n) is 7.73. The van der Waals surface area contributed by atoms with Crippen molar-refractivity contribution in [3.63, 3.8) is 0 Å². The molecule has 1 atom stereocenters. The molecule has 0 bridgehead atoms. The van der Waals surface area contributed by atoms with Gasteiger partial charge in [-0.3, -0.25) is 19.4 Å². The molecule has 0 spiro atoms. The normalized spacial score (nSPS) is 20.0. The third kappa shape index (κ3) is 4.56. The molecule has 2 N–H and O–H groups in total. The van der Waals surface area contributed by atoms with Crippen LogP contribution in [0.5, 0.6) is 0 Å². The highest BCUT2D eigenvalue weighted by Gasteiger charge is 2.49. The number of hydrogen-bond donors (Lipinski definition) is 2. The van der Waals surface area contributed by atoms with E-state index < -0.39 is 11.6 Å². The van der Waals surface area contributed by atoms with Crippen LogP contribution in [0.25, 0.3) is 0 Å². The lowest BCUT2D eigenvalue weighted by molar-refractivity contribution is -0.135.